The minimum Gasteiger partial charge on any atom is -0.653 e. The van der Waals surface area contributed by atoms with E-state index < -0.39 is 0 Å². The molecule has 0 aromatic rings. The summed E-state index contributed by atoms with van der Waals surface area (Å²) in [7, 11) is 0. The van der Waals surface area contributed by atoms with Crippen LogP contribution in [0.4, 0.5) is 0 Å². The van der Waals surface area contributed by atoms with Gasteiger partial charge in [0.2, 0.25) is 0 Å². The van der Waals surface area contributed by atoms with Gasteiger partial charge in [-0.2, -0.15) is 0 Å². The first-order valence-electron chi connectivity index (χ1n) is 3.61. The third kappa shape index (κ3) is 4.69. The molecule has 1 saturated heterocycles. The molecule has 0 saturated carbocycles. The summed E-state index contributed by atoms with van der Waals surface area (Å²) in [5.41, 5.74) is 0. The molecular formula is C7H12NO4Y-. The fraction of sp³-hybridized carbons (Fsp3) is 0.714. The first-order chi connectivity index (χ1) is 5.24. The van der Waals surface area contributed by atoms with Crippen LogP contribution in [0.25, 0.3) is 5.32 Å². The van der Waals surface area contributed by atoms with Gasteiger partial charge in [-0.1, -0.05) is 0 Å². The van der Waals surface area contributed by atoms with E-state index in [1.807, 2.05) is 0 Å². The molecule has 1 amide bonds. The Morgan fingerprint density at radius 3 is 2.69 bits per heavy atom. The number of ether oxygens (including phenoxy) is 1. The van der Waals surface area contributed by atoms with Gasteiger partial charge in [-0.05, 0) is 6.92 Å². The van der Waals surface area contributed by atoms with Gasteiger partial charge in [0, 0.05) is 45.0 Å². The Hall–Kier alpha value is 0.00390. The van der Waals surface area contributed by atoms with Crippen molar-refractivity contribution in [1.82, 2.24) is 0 Å². The average molecular weight is 263 g/mol. The number of nitrogens with zero attached hydrogens (tertiary/aromatic N) is 1. The van der Waals surface area contributed by atoms with Gasteiger partial charge in [-0.25, -0.2) is 0 Å². The Balaban J connectivity index is 0. The van der Waals surface area contributed by atoms with Crippen LogP contribution in [0.15, 0.2) is 0 Å². The van der Waals surface area contributed by atoms with Crippen LogP contribution in [0.5, 0.6) is 0 Å². The second-order valence-electron chi connectivity index (χ2n) is 2.39. The minimum atomic E-state index is -0.317. The van der Waals surface area contributed by atoms with Gasteiger partial charge >= 0.3 is 5.97 Å². The van der Waals surface area contributed by atoms with Crippen molar-refractivity contribution in [3.8, 4) is 0 Å². The SMILES string of the molecule is CCOC(=O)C1C[N-]C(=O)C1.O.[Y]. The second-order valence-corrected chi connectivity index (χ2v) is 2.39. The Labute approximate surface area is 102 Å². The molecule has 1 heterocycles. The van der Waals surface area contributed by atoms with Crippen molar-refractivity contribution in [1.29, 1.82) is 0 Å². The van der Waals surface area contributed by atoms with Crippen LogP contribution in [-0.2, 0) is 47.0 Å². The van der Waals surface area contributed by atoms with Gasteiger partial charge in [0.15, 0.2) is 0 Å². The largest absolute Gasteiger partial charge is 0.653 e. The van der Waals surface area contributed by atoms with Crippen molar-refractivity contribution in [3.63, 3.8) is 0 Å². The van der Waals surface area contributed by atoms with Gasteiger partial charge < -0.3 is 20.3 Å². The van der Waals surface area contributed by atoms with Gasteiger partial charge in [0.05, 0.1) is 12.5 Å². The zero-order valence-electron chi connectivity index (χ0n) is 7.45. The van der Waals surface area contributed by atoms with E-state index in [2.05, 4.69) is 5.32 Å². The number of amides is 1. The van der Waals surface area contributed by atoms with E-state index >= 15 is 0 Å². The van der Waals surface area contributed by atoms with Gasteiger partial charge in [0.25, 0.3) is 0 Å². The van der Waals surface area contributed by atoms with E-state index in [9.17, 15) is 9.59 Å². The summed E-state index contributed by atoms with van der Waals surface area (Å²) >= 11 is 0. The molecule has 1 aliphatic rings. The first kappa shape index (κ1) is 15.5. The average Bonchev–Trinajstić information content (AvgIpc) is 2.36. The smallest absolute Gasteiger partial charge is 0.307 e. The zero-order valence-corrected chi connectivity index (χ0v) is 10.3. The predicted molar refractivity (Wildman–Crippen MR) is 41.6 cm³/mol. The molecule has 0 spiro atoms. The number of esters is 1. The third-order valence-corrected chi connectivity index (χ3v) is 1.53. The van der Waals surface area contributed by atoms with Crippen LogP contribution in [0.2, 0.25) is 0 Å². The maximum absolute atomic E-state index is 11.0. The molecule has 1 unspecified atom stereocenters. The summed E-state index contributed by atoms with van der Waals surface area (Å²) < 4.78 is 4.72. The summed E-state index contributed by atoms with van der Waals surface area (Å²) in [4.78, 5) is 21.5. The van der Waals surface area contributed by atoms with Crippen LogP contribution < -0.4 is 0 Å². The number of carbonyl (C=O) groups excluding carboxylic acids is 2. The molecule has 6 heteroatoms. The fourth-order valence-electron chi connectivity index (χ4n) is 0.970. The topological polar surface area (TPSA) is 89.0 Å². The van der Waals surface area contributed by atoms with E-state index in [1.54, 1.807) is 6.92 Å². The normalized spacial score (nSPS) is 19.5. The fourth-order valence-corrected chi connectivity index (χ4v) is 0.970. The first-order valence-corrected chi connectivity index (χ1v) is 3.61. The molecule has 1 radical (unpaired) electrons. The quantitative estimate of drug-likeness (QED) is 0.637. The Kier molecular flexibility index (Phi) is 8.82. The monoisotopic (exact) mass is 263 g/mol. The van der Waals surface area contributed by atoms with Crippen molar-refractivity contribution < 1.29 is 52.5 Å². The van der Waals surface area contributed by atoms with E-state index in [-0.39, 0.29) is 62.4 Å². The van der Waals surface area contributed by atoms with E-state index in [1.165, 1.54) is 0 Å². The molecule has 1 aliphatic heterocycles. The summed E-state index contributed by atoms with van der Waals surface area (Å²) in [6.07, 6.45) is 0.221. The summed E-state index contributed by atoms with van der Waals surface area (Å²) in [6.45, 7) is 2.41. The zero-order chi connectivity index (χ0) is 8.27. The van der Waals surface area contributed by atoms with Crippen LogP contribution in [0.3, 0.4) is 0 Å². The van der Waals surface area contributed by atoms with E-state index in [0.29, 0.717) is 13.2 Å². The predicted octanol–water partition coefficient (Wildman–Crippen LogP) is -0.358. The number of carbonyl (C=O) groups is 2. The van der Waals surface area contributed by atoms with Crippen LogP contribution in [0.1, 0.15) is 13.3 Å². The maximum Gasteiger partial charge on any atom is 0.307 e. The van der Waals surface area contributed by atoms with Gasteiger partial charge in [-0.3, -0.25) is 4.79 Å². The molecule has 0 bridgehead atoms. The summed E-state index contributed by atoms with van der Waals surface area (Å²) in [6, 6.07) is 0. The van der Waals surface area contributed by atoms with Crippen molar-refractivity contribution in [2.75, 3.05) is 13.2 Å². The molecule has 0 aliphatic carbocycles. The molecule has 0 aromatic heterocycles. The van der Waals surface area contributed by atoms with Gasteiger partial charge in [0.1, 0.15) is 0 Å². The molecule has 1 fully saturated rings. The Bertz CT molecular complexity index is 185. The van der Waals surface area contributed by atoms with Crippen LogP contribution in [-0.4, -0.2) is 30.5 Å². The summed E-state index contributed by atoms with van der Waals surface area (Å²) in [5, 5.41) is 3.58. The standard InChI is InChI=1S/C7H11NO3.H2O.Y/c1-2-11-7(10)5-3-6(9)8-4-5;;/h5H,2-4H2,1H3,(H,8,9);1H2;/p-1. The molecule has 0 aromatic carbocycles. The third-order valence-electron chi connectivity index (χ3n) is 1.53. The molecule has 5 nitrogen and oxygen atoms in total. The molecule has 1 rings (SSSR count). The molecule has 2 N–H and O–H groups in total. The number of rotatable bonds is 2. The summed E-state index contributed by atoms with van der Waals surface area (Å²) in [5.74, 6) is -0.812. The van der Waals surface area contributed by atoms with Crippen molar-refractivity contribution in [2.45, 2.75) is 13.3 Å². The number of hydrogen-bond acceptors (Lipinski definition) is 3. The Morgan fingerprint density at radius 2 is 2.31 bits per heavy atom. The van der Waals surface area contributed by atoms with E-state index in [4.69, 9.17) is 4.74 Å². The second kappa shape index (κ2) is 7.41. The van der Waals surface area contributed by atoms with Crippen LogP contribution >= 0.6 is 0 Å². The van der Waals surface area contributed by atoms with Crippen LogP contribution in [0, 0.1) is 5.92 Å². The molecule has 73 valence electrons. The van der Waals surface area contributed by atoms with Gasteiger partial charge in [-0.15, -0.1) is 6.54 Å². The molecular weight excluding hydrogens is 251 g/mol. The molecule has 13 heavy (non-hydrogen) atoms. The number of hydrogen-bond donors (Lipinski definition) is 0. The Morgan fingerprint density at radius 1 is 1.69 bits per heavy atom. The molecule has 1 atom stereocenters. The maximum atomic E-state index is 11.0. The minimum absolute atomic E-state index is 0. The van der Waals surface area contributed by atoms with E-state index in [0.717, 1.165) is 0 Å². The van der Waals surface area contributed by atoms with Crippen molar-refractivity contribution in [3.05, 3.63) is 5.32 Å². The van der Waals surface area contributed by atoms with Crippen molar-refractivity contribution in [2.24, 2.45) is 5.92 Å². The van der Waals surface area contributed by atoms with Crippen molar-refractivity contribution >= 4 is 11.9 Å².